The van der Waals surface area contributed by atoms with Gasteiger partial charge in [-0.25, -0.2) is 4.99 Å². The molecule has 0 aliphatic carbocycles. The van der Waals surface area contributed by atoms with Crippen LogP contribution in [-0.2, 0) is 4.79 Å². The molecule has 26 heavy (non-hydrogen) atoms. The maximum absolute atomic E-state index is 13.3. The van der Waals surface area contributed by atoms with Gasteiger partial charge in [0.1, 0.15) is 5.71 Å². The van der Waals surface area contributed by atoms with Crippen LogP contribution in [0.4, 0.5) is 11.4 Å². The molecule has 1 atom stereocenters. The normalized spacial score (nSPS) is 23.5. The fourth-order valence-corrected chi connectivity index (χ4v) is 4.44. The average Bonchev–Trinajstić information content (AvgIpc) is 3.16. The number of rotatable bonds is 1. The molecule has 0 fully saturated rings. The second-order valence-electron chi connectivity index (χ2n) is 7.80. The van der Waals surface area contributed by atoms with Crippen LogP contribution in [0.15, 0.2) is 41.4 Å². The molecule has 2 aromatic carbocycles. The molecule has 0 N–H and O–H groups in total. The van der Waals surface area contributed by atoms with Gasteiger partial charge in [0.15, 0.2) is 11.5 Å². The standard InChI is InChI=1S/C21H20N2O3/c1-12-10-21(2,3)23-19-14(12)5-4-6-15(19)18(20(23)24)22-13-7-8-16-17(9-13)26-11-25-16/h4-9,12H,10-11H2,1-3H3/t12-/m0/s1. The van der Waals surface area contributed by atoms with E-state index < -0.39 is 0 Å². The highest BCUT2D eigenvalue weighted by atomic mass is 16.7. The Hall–Kier alpha value is -2.82. The number of fused-ring (bicyclic) bond motifs is 1. The van der Waals surface area contributed by atoms with Gasteiger partial charge in [-0.3, -0.25) is 4.79 Å². The molecule has 0 saturated heterocycles. The van der Waals surface area contributed by atoms with Crippen molar-refractivity contribution in [3.63, 3.8) is 0 Å². The highest BCUT2D eigenvalue weighted by molar-refractivity contribution is 6.55. The number of ether oxygens (including phenoxy) is 2. The van der Waals surface area contributed by atoms with Crippen molar-refractivity contribution >= 4 is 23.0 Å². The third-order valence-corrected chi connectivity index (χ3v) is 5.49. The lowest BCUT2D eigenvalue weighted by atomic mass is 9.80. The number of para-hydroxylation sites is 1. The molecule has 132 valence electrons. The Morgan fingerprint density at radius 2 is 1.96 bits per heavy atom. The number of carbonyl (C=O) groups is 1. The highest BCUT2D eigenvalue weighted by Crippen LogP contribution is 2.48. The molecule has 0 spiro atoms. The lowest BCUT2D eigenvalue weighted by molar-refractivity contribution is -0.113. The SMILES string of the molecule is C[C@H]1CC(C)(C)N2C(=O)C(=Nc3ccc4c(c3)OCO4)c3cccc1c32. The Morgan fingerprint density at radius 1 is 1.15 bits per heavy atom. The molecule has 3 aliphatic heterocycles. The van der Waals surface area contributed by atoms with E-state index >= 15 is 0 Å². The molecule has 0 unspecified atom stereocenters. The predicted octanol–water partition coefficient (Wildman–Crippen LogP) is 4.17. The molecule has 5 rings (SSSR count). The predicted molar refractivity (Wildman–Crippen MR) is 99.8 cm³/mol. The minimum absolute atomic E-state index is 0.0259. The average molecular weight is 348 g/mol. The molecule has 0 bridgehead atoms. The highest BCUT2D eigenvalue weighted by Gasteiger charge is 2.47. The molecule has 3 aliphatic rings. The molecule has 0 saturated carbocycles. The maximum Gasteiger partial charge on any atom is 0.278 e. The van der Waals surface area contributed by atoms with Gasteiger partial charge in [-0.1, -0.05) is 25.1 Å². The van der Waals surface area contributed by atoms with Crippen LogP contribution < -0.4 is 14.4 Å². The summed E-state index contributed by atoms with van der Waals surface area (Å²) in [5.74, 6) is 1.76. The molecule has 3 heterocycles. The van der Waals surface area contributed by atoms with Crippen LogP contribution in [-0.4, -0.2) is 24.0 Å². The fraction of sp³-hybridized carbons (Fsp3) is 0.333. The van der Waals surface area contributed by atoms with Crippen LogP contribution in [0.3, 0.4) is 0 Å². The number of aliphatic imine (C=N–C) groups is 1. The van der Waals surface area contributed by atoms with Crippen molar-refractivity contribution in [3.8, 4) is 11.5 Å². The Bertz CT molecular complexity index is 977. The molecule has 0 aromatic heterocycles. The number of nitrogens with zero attached hydrogens (tertiary/aromatic N) is 2. The summed E-state index contributed by atoms with van der Waals surface area (Å²) >= 11 is 0. The van der Waals surface area contributed by atoms with E-state index in [1.807, 2.05) is 35.2 Å². The zero-order chi connectivity index (χ0) is 18.1. The summed E-state index contributed by atoms with van der Waals surface area (Å²) in [6.07, 6.45) is 0.937. The first-order valence-electron chi connectivity index (χ1n) is 8.92. The van der Waals surface area contributed by atoms with Crippen LogP contribution >= 0.6 is 0 Å². The monoisotopic (exact) mass is 348 g/mol. The van der Waals surface area contributed by atoms with E-state index in [4.69, 9.17) is 14.5 Å². The first-order chi connectivity index (χ1) is 12.5. The van der Waals surface area contributed by atoms with Crippen LogP contribution in [0.25, 0.3) is 0 Å². The van der Waals surface area contributed by atoms with Crippen LogP contribution in [0.2, 0.25) is 0 Å². The van der Waals surface area contributed by atoms with Crippen LogP contribution in [0.5, 0.6) is 11.5 Å². The molecule has 0 radical (unpaired) electrons. The van der Waals surface area contributed by atoms with Gasteiger partial charge < -0.3 is 14.4 Å². The third-order valence-electron chi connectivity index (χ3n) is 5.49. The minimum atomic E-state index is -0.230. The van der Waals surface area contributed by atoms with Gasteiger partial charge in [0, 0.05) is 17.2 Å². The summed E-state index contributed by atoms with van der Waals surface area (Å²) in [6, 6.07) is 11.7. The van der Waals surface area contributed by atoms with E-state index in [0.29, 0.717) is 28.8 Å². The second-order valence-corrected chi connectivity index (χ2v) is 7.80. The summed E-state index contributed by atoms with van der Waals surface area (Å²) < 4.78 is 10.8. The quantitative estimate of drug-likeness (QED) is 0.777. The minimum Gasteiger partial charge on any atom is -0.454 e. The number of hydrogen-bond acceptors (Lipinski definition) is 4. The molecular weight excluding hydrogens is 328 g/mol. The van der Waals surface area contributed by atoms with E-state index in [9.17, 15) is 4.79 Å². The van der Waals surface area contributed by atoms with E-state index in [-0.39, 0.29) is 18.2 Å². The molecule has 5 heteroatoms. The van der Waals surface area contributed by atoms with E-state index in [1.54, 1.807) is 0 Å². The van der Waals surface area contributed by atoms with E-state index in [0.717, 1.165) is 17.7 Å². The second kappa shape index (κ2) is 5.10. The third kappa shape index (κ3) is 2.03. The Morgan fingerprint density at radius 3 is 2.81 bits per heavy atom. The summed E-state index contributed by atoms with van der Waals surface area (Å²) in [6.45, 7) is 6.71. The number of carbonyl (C=O) groups excluding carboxylic acids is 1. The van der Waals surface area contributed by atoms with Gasteiger partial charge in [0.2, 0.25) is 6.79 Å². The van der Waals surface area contributed by atoms with Crippen molar-refractivity contribution in [1.29, 1.82) is 0 Å². The van der Waals surface area contributed by atoms with Crippen molar-refractivity contribution in [2.75, 3.05) is 11.7 Å². The first kappa shape index (κ1) is 15.4. The lowest BCUT2D eigenvalue weighted by Gasteiger charge is -2.43. The number of anilines is 1. The molecule has 1 amide bonds. The van der Waals surface area contributed by atoms with Gasteiger partial charge >= 0.3 is 0 Å². The molecule has 2 aromatic rings. The van der Waals surface area contributed by atoms with Crippen LogP contribution in [0.1, 0.15) is 44.2 Å². The fourth-order valence-electron chi connectivity index (χ4n) is 4.44. The number of hydrogen-bond donors (Lipinski definition) is 0. The van der Waals surface area contributed by atoms with Gasteiger partial charge in [-0.2, -0.15) is 0 Å². The number of benzene rings is 2. The van der Waals surface area contributed by atoms with Gasteiger partial charge in [-0.05, 0) is 43.9 Å². The Labute approximate surface area is 152 Å². The van der Waals surface area contributed by atoms with Gasteiger partial charge in [0.25, 0.3) is 5.91 Å². The van der Waals surface area contributed by atoms with Crippen molar-refractivity contribution in [1.82, 2.24) is 0 Å². The van der Waals surface area contributed by atoms with Crippen molar-refractivity contribution in [3.05, 3.63) is 47.5 Å². The van der Waals surface area contributed by atoms with Crippen molar-refractivity contribution in [2.24, 2.45) is 4.99 Å². The smallest absolute Gasteiger partial charge is 0.278 e. The van der Waals surface area contributed by atoms with Crippen molar-refractivity contribution in [2.45, 2.75) is 38.6 Å². The lowest BCUT2D eigenvalue weighted by Crippen LogP contribution is -2.50. The van der Waals surface area contributed by atoms with Gasteiger partial charge in [0.05, 0.1) is 11.4 Å². The Balaban J connectivity index is 1.68. The largest absolute Gasteiger partial charge is 0.454 e. The molecular formula is C21H20N2O3. The number of amides is 1. The van der Waals surface area contributed by atoms with E-state index in [2.05, 4.69) is 26.8 Å². The van der Waals surface area contributed by atoms with Crippen molar-refractivity contribution < 1.29 is 14.3 Å². The zero-order valence-electron chi connectivity index (χ0n) is 15.1. The maximum atomic E-state index is 13.3. The van der Waals surface area contributed by atoms with E-state index in [1.165, 1.54) is 5.56 Å². The summed E-state index contributed by atoms with van der Waals surface area (Å²) in [5.41, 5.74) is 4.14. The topological polar surface area (TPSA) is 51.1 Å². The summed E-state index contributed by atoms with van der Waals surface area (Å²) in [4.78, 5) is 19.9. The van der Waals surface area contributed by atoms with Crippen LogP contribution in [0, 0.1) is 0 Å². The first-order valence-corrected chi connectivity index (χ1v) is 8.92. The zero-order valence-corrected chi connectivity index (χ0v) is 15.1. The molecule has 5 nitrogen and oxygen atoms in total. The summed E-state index contributed by atoms with van der Waals surface area (Å²) in [5, 5.41) is 0. The van der Waals surface area contributed by atoms with Gasteiger partial charge in [-0.15, -0.1) is 0 Å². The summed E-state index contributed by atoms with van der Waals surface area (Å²) in [7, 11) is 0. The Kier molecular flexibility index (Phi) is 3.03.